The maximum atomic E-state index is 14.4. The van der Waals surface area contributed by atoms with E-state index in [4.69, 9.17) is 4.74 Å². The molecule has 7 amide bonds. The third-order valence-electron chi connectivity index (χ3n) is 12.9. The number of fused-ring (bicyclic) bond motifs is 1. The molecule has 4 aromatic carbocycles. The number of carbonyl (C=O) groups excluding carboxylic acids is 6. The number of ether oxygens (including phenoxy) is 1. The monoisotopic (exact) mass is 966 g/mol. The van der Waals surface area contributed by atoms with Crippen LogP contribution in [0.15, 0.2) is 103 Å². The molecule has 0 radical (unpaired) electrons. The maximum absolute atomic E-state index is 14.4. The van der Waals surface area contributed by atoms with E-state index in [2.05, 4.69) is 26.3 Å². The molecule has 1 aromatic heterocycles. The van der Waals surface area contributed by atoms with E-state index in [1.807, 2.05) is 6.07 Å². The molecule has 372 valence electrons. The quantitative estimate of drug-likeness (QED) is 0.0666. The van der Waals surface area contributed by atoms with Crippen LogP contribution in [0, 0.1) is 0 Å². The SMILES string of the molecule is CC(C)(C)OC(=O)N[C@@H](C(=O)N1CCC[C@H]1C(=O)Nc1ccc2[nH]c(-c3ccc(NC(=O)[C@@H]4CCCN4C(=O)[C@@H](c4ccccc4)N(C(=O)O)C(C)(C)C)cc3)c(C(=O)NC3CC3)c2c1)c1ccccc1. The molecule has 0 bridgehead atoms. The van der Waals surface area contributed by atoms with Gasteiger partial charge in [-0.05, 0) is 127 Å². The van der Waals surface area contributed by atoms with Crippen LogP contribution in [0.25, 0.3) is 22.2 Å². The summed E-state index contributed by atoms with van der Waals surface area (Å²) in [5, 5.41) is 22.7. The summed E-state index contributed by atoms with van der Waals surface area (Å²) in [5.74, 6) is -2.03. The Morgan fingerprint density at radius 2 is 1.24 bits per heavy atom. The molecule has 6 N–H and O–H groups in total. The first-order valence-electron chi connectivity index (χ1n) is 24.2. The minimum Gasteiger partial charge on any atom is -0.465 e. The number of anilines is 2. The second-order valence-corrected chi connectivity index (χ2v) is 20.4. The van der Waals surface area contributed by atoms with Crippen LogP contribution >= 0.6 is 0 Å². The van der Waals surface area contributed by atoms with Gasteiger partial charge in [-0.15, -0.1) is 0 Å². The first-order chi connectivity index (χ1) is 33.8. The van der Waals surface area contributed by atoms with Crippen LogP contribution in [0.1, 0.15) is 114 Å². The number of nitrogens with one attached hydrogen (secondary N) is 5. The third kappa shape index (κ3) is 11.3. The molecule has 5 aromatic rings. The van der Waals surface area contributed by atoms with Crippen LogP contribution in [0.2, 0.25) is 0 Å². The van der Waals surface area contributed by atoms with Crippen molar-refractivity contribution in [1.29, 1.82) is 0 Å². The second kappa shape index (κ2) is 20.3. The largest absolute Gasteiger partial charge is 0.465 e. The standard InChI is InChI=1S/C54H62N8O9/c1-53(2,3)62(52(69)70)45(34-17-11-8-12-18-34)50(67)61-30-14-20-41(61)46(63)55-35-23-21-33(22-24-35)43-42(48(65)56-36-25-26-36)38-31-37(27-28-39(38)58-43)57-47(64)40-19-13-29-60(40)49(66)44(32-15-9-7-10-16-32)59-51(68)71-54(4,5)6/h7-12,15-18,21-24,27-28,31,36,40-41,44-45,58H,13-14,19-20,25-26,29-30H2,1-6H3,(H,55,63)(H,56,65)(H,57,64)(H,59,68)(H,69,70)/t40-,41-,44+,45+/m0/s1. The molecule has 4 atom stereocenters. The first kappa shape index (κ1) is 49.7. The predicted octanol–water partition coefficient (Wildman–Crippen LogP) is 8.37. The number of carbonyl (C=O) groups is 7. The molecule has 3 aliphatic rings. The summed E-state index contributed by atoms with van der Waals surface area (Å²) in [6.45, 7) is 11.0. The van der Waals surface area contributed by atoms with Gasteiger partial charge in [-0.2, -0.15) is 0 Å². The highest BCUT2D eigenvalue weighted by Gasteiger charge is 2.45. The number of aromatic amines is 1. The van der Waals surface area contributed by atoms with Crippen LogP contribution in [-0.4, -0.2) is 109 Å². The molecule has 0 spiro atoms. The van der Waals surface area contributed by atoms with Crippen LogP contribution in [0.4, 0.5) is 21.0 Å². The molecular formula is C54H62N8O9. The number of alkyl carbamates (subject to hydrolysis) is 1. The Bertz CT molecular complexity index is 2810. The summed E-state index contributed by atoms with van der Waals surface area (Å²) in [6, 6.07) is 25.9. The van der Waals surface area contributed by atoms with Gasteiger partial charge in [0.2, 0.25) is 11.8 Å². The summed E-state index contributed by atoms with van der Waals surface area (Å²) < 4.78 is 5.48. The van der Waals surface area contributed by atoms with Crippen molar-refractivity contribution in [2.75, 3.05) is 23.7 Å². The normalized spacial score (nSPS) is 17.8. The zero-order valence-electron chi connectivity index (χ0n) is 40.9. The molecule has 1 aliphatic carbocycles. The molecule has 1 saturated carbocycles. The lowest BCUT2D eigenvalue weighted by Crippen LogP contribution is -2.54. The molecule has 17 nitrogen and oxygen atoms in total. The molecular weight excluding hydrogens is 905 g/mol. The number of rotatable bonds is 13. The lowest BCUT2D eigenvalue weighted by Gasteiger charge is -2.41. The number of aromatic nitrogens is 1. The molecule has 3 heterocycles. The van der Waals surface area contributed by atoms with Crippen molar-refractivity contribution in [1.82, 2.24) is 30.3 Å². The van der Waals surface area contributed by atoms with Crippen molar-refractivity contribution in [2.45, 2.75) is 121 Å². The van der Waals surface area contributed by atoms with E-state index in [9.17, 15) is 38.7 Å². The van der Waals surface area contributed by atoms with Crippen molar-refractivity contribution >= 4 is 64.0 Å². The van der Waals surface area contributed by atoms with Gasteiger partial charge >= 0.3 is 12.2 Å². The fourth-order valence-corrected chi connectivity index (χ4v) is 9.49. The van der Waals surface area contributed by atoms with Crippen LogP contribution in [-0.2, 0) is 23.9 Å². The Balaban J connectivity index is 1.00. The van der Waals surface area contributed by atoms with Crippen molar-refractivity contribution in [2.24, 2.45) is 0 Å². The van der Waals surface area contributed by atoms with Gasteiger partial charge in [-0.25, -0.2) is 9.59 Å². The second-order valence-electron chi connectivity index (χ2n) is 20.4. The van der Waals surface area contributed by atoms with Crippen molar-refractivity contribution < 1.29 is 43.4 Å². The zero-order chi connectivity index (χ0) is 50.8. The van der Waals surface area contributed by atoms with Gasteiger partial charge in [0.25, 0.3) is 17.7 Å². The average Bonchev–Trinajstić information content (AvgIpc) is 3.65. The number of amides is 7. The summed E-state index contributed by atoms with van der Waals surface area (Å²) in [7, 11) is 0. The van der Waals surface area contributed by atoms with Gasteiger partial charge in [0.15, 0.2) is 0 Å². The maximum Gasteiger partial charge on any atom is 0.408 e. The number of H-pyrrole nitrogens is 1. The van der Waals surface area contributed by atoms with Crippen LogP contribution in [0.3, 0.4) is 0 Å². The van der Waals surface area contributed by atoms with E-state index >= 15 is 0 Å². The lowest BCUT2D eigenvalue weighted by atomic mass is 9.97. The zero-order valence-corrected chi connectivity index (χ0v) is 40.9. The van der Waals surface area contributed by atoms with Gasteiger partial charge < -0.3 is 45.9 Å². The highest BCUT2D eigenvalue weighted by molar-refractivity contribution is 6.14. The third-order valence-corrected chi connectivity index (χ3v) is 12.9. The molecule has 2 saturated heterocycles. The Labute approximate surface area is 412 Å². The fraction of sp³-hybridized carbons (Fsp3) is 0.389. The highest BCUT2D eigenvalue weighted by atomic mass is 16.6. The minimum absolute atomic E-state index is 0.0434. The molecule has 8 rings (SSSR count). The Hall–Kier alpha value is -7.69. The summed E-state index contributed by atoms with van der Waals surface area (Å²) in [4.78, 5) is 104. The van der Waals surface area contributed by atoms with E-state index < -0.39 is 71.1 Å². The van der Waals surface area contributed by atoms with Gasteiger partial charge in [-0.3, -0.25) is 28.9 Å². The van der Waals surface area contributed by atoms with Gasteiger partial charge in [0, 0.05) is 46.9 Å². The van der Waals surface area contributed by atoms with E-state index in [1.165, 1.54) is 9.80 Å². The van der Waals surface area contributed by atoms with Crippen LogP contribution < -0.4 is 21.3 Å². The molecule has 2 aliphatic heterocycles. The summed E-state index contributed by atoms with van der Waals surface area (Å²) in [5.41, 5.74) is 2.39. The Morgan fingerprint density at radius 3 is 1.79 bits per heavy atom. The molecule has 0 unspecified atom stereocenters. The lowest BCUT2D eigenvalue weighted by molar-refractivity contribution is -0.142. The van der Waals surface area contributed by atoms with Crippen molar-refractivity contribution in [3.8, 4) is 11.3 Å². The number of hydrogen-bond donors (Lipinski definition) is 6. The molecule has 71 heavy (non-hydrogen) atoms. The van der Waals surface area contributed by atoms with Gasteiger partial charge in [0.05, 0.1) is 11.3 Å². The van der Waals surface area contributed by atoms with Gasteiger partial charge in [0.1, 0.15) is 29.8 Å². The first-order valence-corrected chi connectivity index (χ1v) is 24.2. The van der Waals surface area contributed by atoms with Gasteiger partial charge in [-0.1, -0.05) is 72.8 Å². The average molecular weight is 967 g/mol. The number of benzene rings is 4. The fourth-order valence-electron chi connectivity index (χ4n) is 9.49. The van der Waals surface area contributed by atoms with Crippen LogP contribution in [0.5, 0.6) is 0 Å². The summed E-state index contributed by atoms with van der Waals surface area (Å²) >= 11 is 0. The molecule has 3 fully saturated rings. The smallest absolute Gasteiger partial charge is 0.408 e. The molecule has 17 heteroatoms. The van der Waals surface area contributed by atoms with Crippen molar-refractivity contribution in [3.63, 3.8) is 0 Å². The minimum atomic E-state index is -1.25. The predicted molar refractivity (Wildman–Crippen MR) is 268 cm³/mol. The van der Waals surface area contributed by atoms with E-state index in [0.29, 0.717) is 82.5 Å². The topological polar surface area (TPSA) is 223 Å². The van der Waals surface area contributed by atoms with Crippen molar-refractivity contribution in [3.05, 3.63) is 120 Å². The number of nitrogens with zero attached hydrogens (tertiary/aromatic N) is 3. The number of hydrogen-bond acceptors (Lipinski definition) is 8. The highest BCUT2D eigenvalue weighted by Crippen LogP contribution is 2.36. The van der Waals surface area contributed by atoms with E-state index in [-0.39, 0.29) is 18.5 Å². The number of carboxylic acid groups (broad SMARTS) is 1. The van der Waals surface area contributed by atoms with E-state index in [1.54, 1.807) is 139 Å². The Kier molecular flexibility index (Phi) is 14.2. The summed E-state index contributed by atoms with van der Waals surface area (Å²) in [6.07, 6.45) is 1.66. The number of likely N-dealkylation sites (tertiary alicyclic amines) is 2. The Morgan fingerprint density at radius 1 is 0.690 bits per heavy atom. The van der Waals surface area contributed by atoms with E-state index in [0.717, 1.165) is 17.7 Å².